The second kappa shape index (κ2) is 7.23. The van der Waals surface area contributed by atoms with Gasteiger partial charge in [-0.1, -0.05) is 30.3 Å². The van der Waals surface area contributed by atoms with E-state index in [2.05, 4.69) is 34.4 Å². The lowest BCUT2D eigenvalue weighted by atomic mass is 10.2. The van der Waals surface area contributed by atoms with Gasteiger partial charge in [0.25, 0.3) is 5.91 Å². The number of amides is 1. The molecule has 4 aromatic rings. The second-order valence-corrected chi connectivity index (χ2v) is 7.46. The molecule has 0 radical (unpaired) electrons. The molecule has 1 aliphatic rings. The standard InChI is InChI=1S/C22H21N7O/c1-28-12-16-17(13-28)26-21(27-20(16)24-10-14-6-3-2-4-7-14)22-25-11-18-15(19(23)30)8-5-9-29(18)22/h2-9,11H,10,12-13H2,1H3,(H2,23,30)(H,24,26,27). The van der Waals surface area contributed by atoms with Crippen molar-refractivity contribution in [1.82, 2.24) is 24.3 Å². The number of hydrogen-bond acceptors (Lipinski definition) is 6. The van der Waals surface area contributed by atoms with E-state index in [-0.39, 0.29) is 0 Å². The molecule has 1 aliphatic heterocycles. The van der Waals surface area contributed by atoms with Crippen LogP contribution in [0.4, 0.5) is 5.82 Å². The molecular weight excluding hydrogens is 378 g/mol. The highest BCUT2D eigenvalue weighted by Crippen LogP contribution is 2.29. The minimum atomic E-state index is -0.492. The second-order valence-electron chi connectivity index (χ2n) is 7.46. The van der Waals surface area contributed by atoms with Crippen molar-refractivity contribution in [2.75, 3.05) is 12.4 Å². The average molecular weight is 399 g/mol. The van der Waals surface area contributed by atoms with Crippen molar-refractivity contribution in [1.29, 1.82) is 0 Å². The average Bonchev–Trinajstić information content (AvgIpc) is 3.35. The van der Waals surface area contributed by atoms with Crippen LogP contribution in [0.2, 0.25) is 0 Å². The quantitative estimate of drug-likeness (QED) is 0.535. The zero-order valence-electron chi connectivity index (χ0n) is 16.5. The lowest BCUT2D eigenvalue weighted by molar-refractivity contribution is 0.100. The molecule has 5 rings (SSSR count). The van der Waals surface area contributed by atoms with Gasteiger partial charge in [-0.25, -0.2) is 15.0 Å². The summed E-state index contributed by atoms with van der Waals surface area (Å²) >= 11 is 0. The molecular formula is C22H21N7O. The fourth-order valence-electron chi connectivity index (χ4n) is 3.83. The van der Waals surface area contributed by atoms with E-state index >= 15 is 0 Å². The molecule has 1 aromatic carbocycles. The monoisotopic (exact) mass is 399 g/mol. The molecule has 0 bridgehead atoms. The van der Waals surface area contributed by atoms with E-state index in [0.29, 0.717) is 29.3 Å². The fraction of sp³-hybridized carbons (Fsp3) is 0.182. The van der Waals surface area contributed by atoms with E-state index in [1.165, 1.54) is 5.56 Å². The molecule has 4 heterocycles. The summed E-state index contributed by atoms with van der Waals surface area (Å²) in [6, 6.07) is 13.7. The Morgan fingerprint density at radius 1 is 1.13 bits per heavy atom. The Labute approximate surface area is 173 Å². The molecule has 0 fully saturated rings. The minimum Gasteiger partial charge on any atom is -0.366 e. The van der Waals surface area contributed by atoms with Crippen LogP contribution < -0.4 is 11.1 Å². The Morgan fingerprint density at radius 3 is 2.77 bits per heavy atom. The Bertz CT molecular complexity index is 1250. The molecule has 3 N–H and O–H groups in total. The Hall–Kier alpha value is -3.78. The molecule has 0 saturated heterocycles. The number of rotatable bonds is 5. The Kier molecular flexibility index (Phi) is 4.40. The van der Waals surface area contributed by atoms with Crippen LogP contribution in [0.3, 0.4) is 0 Å². The van der Waals surface area contributed by atoms with Crippen LogP contribution in [0.15, 0.2) is 54.9 Å². The van der Waals surface area contributed by atoms with E-state index in [0.717, 1.165) is 30.2 Å². The number of fused-ring (bicyclic) bond motifs is 2. The number of nitrogens with one attached hydrogen (secondary N) is 1. The zero-order valence-corrected chi connectivity index (χ0v) is 16.5. The maximum atomic E-state index is 11.8. The highest BCUT2D eigenvalue weighted by Gasteiger charge is 2.24. The van der Waals surface area contributed by atoms with Gasteiger partial charge in [-0.05, 0) is 24.7 Å². The first-order valence-electron chi connectivity index (χ1n) is 9.72. The van der Waals surface area contributed by atoms with Gasteiger partial charge in [-0.3, -0.25) is 14.1 Å². The van der Waals surface area contributed by atoms with Crippen LogP contribution >= 0.6 is 0 Å². The molecule has 150 valence electrons. The summed E-state index contributed by atoms with van der Waals surface area (Å²) in [7, 11) is 2.06. The third-order valence-corrected chi connectivity index (χ3v) is 5.28. The molecule has 1 amide bonds. The summed E-state index contributed by atoms with van der Waals surface area (Å²) in [6.45, 7) is 2.21. The molecule has 0 atom stereocenters. The SMILES string of the molecule is CN1Cc2nc(-c3ncc4c(C(N)=O)cccn34)nc(NCc3ccccc3)c2C1. The van der Waals surface area contributed by atoms with Crippen molar-refractivity contribution in [2.45, 2.75) is 19.6 Å². The molecule has 0 unspecified atom stereocenters. The number of nitrogens with zero attached hydrogens (tertiary/aromatic N) is 5. The van der Waals surface area contributed by atoms with Gasteiger partial charge in [-0.15, -0.1) is 0 Å². The topological polar surface area (TPSA) is 101 Å². The van der Waals surface area contributed by atoms with Crippen molar-refractivity contribution in [3.8, 4) is 11.6 Å². The van der Waals surface area contributed by atoms with Gasteiger partial charge in [-0.2, -0.15) is 0 Å². The van der Waals surface area contributed by atoms with Crippen LogP contribution in [-0.4, -0.2) is 37.2 Å². The predicted molar refractivity (Wildman–Crippen MR) is 114 cm³/mol. The maximum absolute atomic E-state index is 11.8. The molecule has 30 heavy (non-hydrogen) atoms. The van der Waals surface area contributed by atoms with Gasteiger partial charge >= 0.3 is 0 Å². The van der Waals surface area contributed by atoms with Gasteiger partial charge in [0.2, 0.25) is 0 Å². The van der Waals surface area contributed by atoms with Crippen molar-refractivity contribution in [3.63, 3.8) is 0 Å². The number of benzene rings is 1. The van der Waals surface area contributed by atoms with Crippen molar-refractivity contribution < 1.29 is 4.79 Å². The van der Waals surface area contributed by atoms with Crippen molar-refractivity contribution in [3.05, 3.63) is 77.2 Å². The van der Waals surface area contributed by atoms with E-state index in [9.17, 15) is 4.79 Å². The number of aromatic nitrogens is 4. The lowest BCUT2D eigenvalue weighted by Crippen LogP contribution is -2.12. The van der Waals surface area contributed by atoms with Gasteiger partial charge in [0.15, 0.2) is 11.6 Å². The first-order chi connectivity index (χ1) is 14.6. The molecule has 3 aromatic heterocycles. The number of carbonyl (C=O) groups is 1. The summed E-state index contributed by atoms with van der Waals surface area (Å²) in [5.74, 6) is 1.41. The van der Waals surface area contributed by atoms with E-state index in [1.807, 2.05) is 28.8 Å². The number of primary amides is 1. The molecule has 0 spiro atoms. The fourth-order valence-corrected chi connectivity index (χ4v) is 3.83. The number of pyridine rings is 1. The number of anilines is 1. The molecule has 8 heteroatoms. The van der Waals surface area contributed by atoms with E-state index in [4.69, 9.17) is 15.7 Å². The summed E-state index contributed by atoms with van der Waals surface area (Å²) in [5.41, 5.74) is 9.83. The zero-order chi connectivity index (χ0) is 20.7. The lowest BCUT2D eigenvalue weighted by Gasteiger charge is -2.12. The van der Waals surface area contributed by atoms with Gasteiger partial charge in [0.1, 0.15) is 5.82 Å². The Balaban J connectivity index is 1.58. The normalized spacial score (nSPS) is 13.5. The third-order valence-electron chi connectivity index (χ3n) is 5.28. The molecule has 8 nitrogen and oxygen atoms in total. The number of hydrogen-bond donors (Lipinski definition) is 2. The largest absolute Gasteiger partial charge is 0.366 e. The number of nitrogens with two attached hydrogens (primary N) is 1. The van der Waals surface area contributed by atoms with Gasteiger partial charge in [0.05, 0.1) is 23.0 Å². The Morgan fingerprint density at radius 2 is 1.97 bits per heavy atom. The van der Waals surface area contributed by atoms with E-state index < -0.39 is 5.91 Å². The highest BCUT2D eigenvalue weighted by atomic mass is 16.1. The van der Waals surface area contributed by atoms with Gasteiger partial charge < -0.3 is 11.1 Å². The first kappa shape index (κ1) is 18.3. The third kappa shape index (κ3) is 3.17. The summed E-state index contributed by atoms with van der Waals surface area (Å²) in [6.07, 6.45) is 3.47. The van der Waals surface area contributed by atoms with Crippen LogP contribution in [0.5, 0.6) is 0 Å². The maximum Gasteiger partial charge on any atom is 0.250 e. The van der Waals surface area contributed by atoms with Crippen molar-refractivity contribution in [2.24, 2.45) is 5.73 Å². The van der Waals surface area contributed by atoms with Crippen LogP contribution in [0, 0.1) is 0 Å². The summed E-state index contributed by atoms with van der Waals surface area (Å²) < 4.78 is 1.81. The smallest absolute Gasteiger partial charge is 0.250 e. The highest BCUT2D eigenvalue weighted by molar-refractivity contribution is 5.99. The molecule has 0 aliphatic carbocycles. The van der Waals surface area contributed by atoms with E-state index in [1.54, 1.807) is 18.3 Å². The van der Waals surface area contributed by atoms with Crippen LogP contribution in [-0.2, 0) is 19.6 Å². The van der Waals surface area contributed by atoms with Crippen LogP contribution in [0.25, 0.3) is 17.2 Å². The number of carbonyl (C=O) groups excluding carboxylic acids is 1. The molecule has 0 saturated carbocycles. The number of imidazole rings is 1. The first-order valence-corrected chi connectivity index (χ1v) is 9.72. The summed E-state index contributed by atoms with van der Waals surface area (Å²) in [4.78, 5) is 28.1. The minimum absolute atomic E-state index is 0.416. The van der Waals surface area contributed by atoms with Crippen LogP contribution in [0.1, 0.15) is 27.2 Å². The van der Waals surface area contributed by atoms with Crippen molar-refractivity contribution >= 4 is 17.2 Å². The predicted octanol–water partition coefficient (Wildman–Crippen LogP) is 2.45. The summed E-state index contributed by atoms with van der Waals surface area (Å²) in [5, 5.41) is 3.47. The van der Waals surface area contributed by atoms with Gasteiger partial charge in [0, 0.05) is 31.4 Å².